The molecule has 0 aliphatic carbocycles. The van der Waals surface area contributed by atoms with E-state index >= 15 is 8.78 Å². The summed E-state index contributed by atoms with van der Waals surface area (Å²) in [4.78, 5) is 19.3. The lowest BCUT2D eigenvalue weighted by Crippen LogP contribution is -2.53. The maximum Gasteiger partial charge on any atom is 0.307 e. The molecule has 1 aromatic heterocycles. The molecule has 3 heterocycles. The second-order valence-electron chi connectivity index (χ2n) is 10.6. The van der Waals surface area contributed by atoms with Crippen LogP contribution < -0.4 is 4.74 Å². The van der Waals surface area contributed by atoms with Gasteiger partial charge in [-0.2, -0.15) is 0 Å². The summed E-state index contributed by atoms with van der Waals surface area (Å²) in [5, 5.41) is 10.6. The Kier molecular flexibility index (Phi) is 7.23. The molecule has 37 heavy (non-hydrogen) atoms. The molecule has 198 valence electrons. The molecule has 2 N–H and O–H groups in total. The van der Waals surface area contributed by atoms with Crippen molar-refractivity contribution in [3.05, 3.63) is 64.9 Å². The highest BCUT2D eigenvalue weighted by atomic mass is 19.1. The van der Waals surface area contributed by atoms with Crippen LogP contribution in [0.4, 0.5) is 8.78 Å². The van der Waals surface area contributed by atoms with Gasteiger partial charge in [-0.15, -0.1) is 0 Å². The predicted octanol–water partition coefficient (Wildman–Crippen LogP) is 5.37. The number of ether oxygens (including phenoxy) is 1. The van der Waals surface area contributed by atoms with Crippen LogP contribution in [-0.2, 0) is 11.2 Å². The van der Waals surface area contributed by atoms with Crippen LogP contribution in [0, 0.1) is 17.6 Å². The van der Waals surface area contributed by atoms with Crippen LogP contribution in [0.3, 0.4) is 0 Å². The first-order valence-electron chi connectivity index (χ1n) is 13.2. The first-order valence-corrected chi connectivity index (χ1v) is 13.2. The topological polar surface area (TPSA) is 68.8 Å². The van der Waals surface area contributed by atoms with Crippen molar-refractivity contribution in [1.29, 1.82) is 0 Å². The van der Waals surface area contributed by atoms with Gasteiger partial charge in [0.25, 0.3) is 0 Å². The lowest BCUT2D eigenvalue weighted by Gasteiger charge is -2.42. The van der Waals surface area contributed by atoms with Crippen molar-refractivity contribution in [2.45, 2.75) is 58.2 Å². The van der Waals surface area contributed by atoms with Crippen LogP contribution in [-0.4, -0.2) is 64.2 Å². The molecule has 1 saturated heterocycles. The molecule has 3 aromatic rings. The van der Waals surface area contributed by atoms with E-state index in [1.54, 1.807) is 6.92 Å². The number of carbonyl (C=O) groups is 1. The quantitative estimate of drug-likeness (QED) is 0.405. The smallest absolute Gasteiger partial charge is 0.307 e. The fourth-order valence-electron chi connectivity index (χ4n) is 5.74. The second-order valence-corrected chi connectivity index (χ2v) is 10.6. The van der Waals surface area contributed by atoms with Gasteiger partial charge < -0.3 is 14.8 Å². The van der Waals surface area contributed by atoms with Crippen molar-refractivity contribution in [2.24, 2.45) is 5.92 Å². The molecule has 3 atom stereocenters. The highest BCUT2D eigenvalue weighted by Crippen LogP contribution is 2.43. The number of aromatic nitrogens is 1. The number of hydrogen-bond donors (Lipinski definition) is 2. The Morgan fingerprint density at radius 3 is 2.59 bits per heavy atom. The normalized spacial score (nSPS) is 21.5. The molecule has 2 aromatic carbocycles. The number of nitrogens with zero attached hydrogens (tertiary/aromatic N) is 2. The molecular formula is C29H35F2N3O3. The molecule has 1 fully saturated rings. The lowest BCUT2D eigenvalue weighted by atomic mass is 9.87. The third-order valence-corrected chi connectivity index (χ3v) is 7.80. The lowest BCUT2D eigenvalue weighted by molar-refractivity contribution is -0.142. The number of unbranched alkanes of at least 4 members (excludes halogenated alkanes) is 1. The van der Waals surface area contributed by atoms with E-state index in [-0.39, 0.29) is 30.0 Å². The molecule has 0 amide bonds. The van der Waals surface area contributed by atoms with Gasteiger partial charge in [0.1, 0.15) is 23.5 Å². The molecule has 5 rings (SSSR count). The Bertz CT molecular complexity index is 1260. The van der Waals surface area contributed by atoms with Gasteiger partial charge in [-0.3, -0.25) is 14.6 Å². The second kappa shape index (κ2) is 10.4. The van der Waals surface area contributed by atoms with Crippen molar-refractivity contribution in [3.8, 4) is 5.75 Å². The molecule has 0 saturated carbocycles. The highest BCUT2D eigenvalue weighted by Gasteiger charge is 2.40. The summed E-state index contributed by atoms with van der Waals surface area (Å²) in [5.41, 5.74) is 2.56. The van der Waals surface area contributed by atoms with Crippen LogP contribution >= 0.6 is 0 Å². The van der Waals surface area contributed by atoms with Crippen molar-refractivity contribution < 1.29 is 23.4 Å². The van der Waals surface area contributed by atoms with Gasteiger partial charge >= 0.3 is 5.97 Å². The van der Waals surface area contributed by atoms with E-state index in [1.807, 2.05) is 36.1 Å². The van der Waals surface area contributed by atoms with Gasteiger partial charge in [0.2, 0.25) is 0 Å². The zero-order chi connectivity index (χ0) is 26.3. The van der Waals surface area contributed by atoms with Crippen LogP contribution in [0.1, 0.15) is 56.5 Å². The van der Waals surface area contributed by atoms with E-state index in [1.165, 1.54) is 12.1 Å². The molecular weight excluding hydrogens is 476 g/mol. The van der Waals surface area contributed by atoms with E-state index < -0.39 is 29.6 Å². The Morgan fingerprint density at radius 2 is 1.92 bits per heavy atom. The zero-order valence-corrected chi connectivity index (χ0v) is 21.6. The van der Waals surface area contributed by atoms with Crippen molar-refractivity contribution in [1.82, 2.24) is 14.8 Å². The summed E-state index contributed by atoms with van der Waals surface area (Å²) >= 11 is 0. The zero-order valence-electron chi connectivity index (χ0n) is 21.6. The summed E-state index contributed by atoms with van der Waals surface area (Å²) in [5.74, 6) is -2.82. The minimum absolute atomic E-state index is 0.0792. The van der Waals surface area contributed by atoms with E-state index in [0.717, 1.165) is 48.9 Å². The Balaban J connectivity index is 1.49. The maximum atomic E-state index is 15.8. The number of para-hydroxylation sites is 1. The number of carboxylic acids is 1. The van der Waals surface area contributed by atoms with Gasteiger partial charge in [-0.25, -0.2) is 8.78 Å². The Labute approximate surface area is 216 Å². The first kappa shape index (κ1) is 25.7. The Hall–Kier alpha value is -2.97. The number of halogens is 2. The molecule has 8 heteroatoms. The molecule has 0 bridgehead atoms. The summed E-state index contributed by atoms with van der Waals surface area (Å²) in [7, 11) is 0. The third kappa shape index (κ3) is 4.97. The molecule has 2 aliphatic heterocycles. The molecule has 0 spiro atoms. The number of rotatable bonds is 9. The average molecular weight is 512 g/mol. The molecule has 3 unspecified atom stereocenters. The van der Waals surface area contributed by atoms with E-state index in [2.05, 4.69) is 16.8 Å². The maximum absolute atomic E-state index is 15.8. The third-order valence-electron chi connectivity index (χ3n) is 7.80. The summed E-state index contributed by atoms with van der Waals surface area (Å²) in [6.45, 7) is 8.45. The monoisotopic (exact) mass is 511 g/mol. The highest BCUT2D eigenvalue weighted by molar-refractivity contribution is 5.85. The molecule has 0 radical (unpaired) electrons. The Morgan fingerprint density at radius 1 is 1.22 bits per heavy atom. The largest absolute Gasteiger partial charge is 0.488 e. The number of H-pyrrole nitrogens is 1. The summed E-state index contributed by atoms with van der Waals surface area (Å²) in [6, 6.07) is 9.48. The summed E-state index contributed by atoms with van der Waals surface area (Å²) < 4.78 is 37.4. The molecule has 6 nitrogen and oxygen atoms in total. The van der Waals surface area contributed by atoms with Crippen LogP contribution in [0.25, 0.3) is 10.9 Å². The van der Waals surface area contributed by atoms with Crippen LogP contribution in [0.5, 0.6) is 5.75 Å². The minimum Gasteiger partial charge on any atom is -0.488 e. The van der Waals surface area contributed by atoms with Crippen molar-refractivity contribution in [2.75, 3.05) is 26.2 Å². The van der Waals surface area contributed by atoms with Gasteiger partial charge in [-0.1, -0.05) is 38.5 Å². The number of hydrogen-bond acceptors (Lipinski definition) is 4. The van der Waals surface area contributed by atoms with Crippen molar-refractivity contribution in [3.63, 3.8) is 0 Å². The summed E-state index contributed by atoms with van der Waals surface area (Å²) in [6.07, 6.45) is 2.82. The minimum atomic E-state index is -0.938. The number of nitrogens with one attached hydrogen (secondary N) is 1. The van der Waals surface area contributed by atoms with Crippen LogP contribution in [0.2, 0.25) is 0 Å². The number of aliphatic carboxylic acids is 1. The number of aromatic amines is 1. The van der Waals surface area contributed by atoms with Gasteiger partial charge in [0, 0.05) is 60.0 Å². The van der Waals surface area contributed by atoms with E-state index in [4.69, 9.17) is 4.74 Å². The molecule has 2 aliphatic rings. The number of carboxylic acid groups (broad SMARTS) is 1. The van der Waals surface area contributed by atoms with Crippen LogP contribution in [0.15, 0.2) is 36.4 Å². The van der Waals surface area contributed by atoms with E-state index in [9.17, 15) is 9.90 Å². The van der Waals surface area contributed by atoms with Gasteiger partial charge in [0.05, 0.1) is 12.0 Å². The van der Waals surface area contributed by atoms with Gasteiger partial charge in [0.15, 0.2) is 0 Å². The van der Waals surface area contributed by atoms with Gasteiger partial charge in [-0.05, 0) is 37.9 Å². The van der Waals surface area contributed by atoms with Crippen molar-refractivity contribution >= 4 is 16.9 Å². The predicted molar refractivity (Wildman–Crippen MR) is 139 cm³/mol. The SMILES string of the molecule is CCCCN1CC(Oc2cc(F)c(C3c4[nH]c5ccccc5c4CC(C)N3CC(C)C(=O)O)c(F)c2)C1. The number of likely N-dealkylation sites (tertiary alicyclic amines) is 1. The number of benzene rings is 2. The van der Waals surface area contributed by atoms with E-state index in [0.29, 0.717) is 12.1 Å². The fourth-order valence-corrected chi connectivity index (χ4v) is 5.74. The first-order chi connectivity index (χ1) is 17.8. The standard InChI is InChI=1S/C29H35F2N3O3/c1-4-5-10-33-15-20(16-33)37-19-12-23(30)26(24(31)13-19)28-27-22(21-8-6-7-9-25(21)32-27)11-18(3)34(28)14-17(2)29(35)36/h6-9,12-13,17-18,20,28,32H,4-5,10-11,14-16H2,1-3H3,(H,35,36). The number of fused-ring (bicyclic) bond motifs is 3. The average Bonchev–Trinajstić information content (AvgIpc) is 3.19. The fraction of sp³-hybridized carbons (Fsp3) is 0.483.